The number of rotatable bonds is 1. The Kier molecular flexibility index (Phi) is 5.97. The fourth-order valence-electron chi connectivity index (χ4n) is 2.82. The van der Waals surface area contributed by atoms with Crippen LogP contribution in [0, 0.1) is 11.3 Å². The number of anilines is 1. The van der Waals surface area contributed by atoms with Crippen LogP contribution in [0.3, 0.4) is 0 Å². The molecule has 0 aliphatic carbocycles. The van der Waals surface area contributed by atoms with Gasteiger partial charge in [0.1, 0.15) is 17.2 Å². The van der Waals surface area contributed by atoms with Gasteiger partial charge < -0.3 is 9.47 Å². The average Bonchev–Trinajstić information content (AvgIpc) is 2.80. The maximum absolute atomic E-state index is 9.05. The summed E-state index contributed by atoms with van der Waals surface area (Å²) in [6.07, 6.45) is 0.722. The van der Waals surface area contributed by atoms with E-state index in [2.05, 4.69) is 26.8 Å². The van der Waals surface area contributed by atoms with Crippen LogP contribution in [0.1, 0.15) is 17.5 Å². The SMILES string of the molecule is N#Cc1ccc(/C2=N\Nc3ccccc3OCCCOc3ccccc3N=N2)cc1. The normalized spacial score (nSPS) is 15.5. The molecule has 148 valence electrons. The molecule has 7 heteroatoms. The van der Waals surface area contributed by atoms with Crippen molar-refractivity contribution in [1.29, 1.82) is 5.26 Å². The largest absolute Gasteiger partial charge is 0.491 e. The first-order valence-electron chi connectivity index (χ1n) is 9.53. The summed E-state index contributed by atoms with van der Waals surface area (Å²) in [5.74, 6) is 1.70. The molecule has 0 bridgehead atoms. The van der Waals surface area contributed by atoms with E-state index in [1.54, 1.807) is 24.3 Å². The van der Waals surface area contributed by atoms with Gasteiger partial charge in [0.15, 0.2) is 0 Å². The molecule has 0 saturated heterocycles. The Morgan fingerprint density at radius 1 is 0.800 bits per heavy atom. The third-order valence-corrected chi connectivity index (χ3v) is 4.36. The number of ether oxygens (including phenoxy) is 2. The molecular formula is C23H19N5O2. The highest BCUT2D eigenvalue weighted by molar-refractivity contribution is 5.99. The molecule has 0 saturated carbocycles. The van der Waals surface area contributed by atoms with Gasteiger partial charge in [0.25, 0.3) is 0 Å². The molecule has 1 aliphatic heterocycles. The van der Waals surface area contributed by atoms with Crippen LogP contribution >= 0.6 is 0 Å². The summed E-state index contributed by atoms with van der Waals surface area (Å²) in [5, 5.41) is 22.2. The lowest BCUT2D eigenvalue weighted by atomic mass is 10.1. The number of para-hydroxylation sites is 3. The van der Waals surface area contributed by atoms with E-state index >= 15 is 0 Å². The number of benzene rings is 3. The van der Waals surface area contributed by atoms with Gasteiger partial charge in [-0.15, -0.1) is 10.2 Å². The zero-order valence-corrected chi connectivity index (χ0v) is 16.2. The summed E-state index contributed by atoms with van der Waals surface area (Å²) in [4.78, 5) is 0. The van der Waals surface area contributed by atoms with Crippen molar-refractivity contribution in [1.82, 2.24) is 0 Å². The first kappa shape index (κ1) is 19.2. The minimum atomic E-state index is 0.362. The van der Waals surface area contributed by atoms with E-state index in [4.69, 9.17) is 14.7 Å². The molecule has 3 aromatic carbocycles. The Morgan fingerprint density at radius 3 is 2.30 bits per heavy atom. The Labute approximate surface area is 174 Å². The number of hydrazone groups is 1. The van der Waals surface area contributed by atoms with Gasteiger partial charge >= 0.3 is 0 Å². The van der Waals surface area contributed by atoms with Gasteiger partial charge in [-0.3, -0.25) is 5.43 Å². The van der Waals surface area contributed by atoms with Crippen LogP contribution in [-0.2, 0) is 0 Å². The second-order valence-electron chi connectivity index (χ2n) is 6.45. The predicted molar refractivity (Wildman–Crippen MR) is 114 cm³/mol. The minimum Gasteiger partial charge on any atom is -0.491 e. The molecule has 0 unspecified atom stereocenters. The number of nitriles is 1. The summed E-state index contributed by atoms with van der Waals surface area (Å²) in [6, 6.07) is 24.1. The lowest BCUT2D eigenvalue weighted by Gasteiger charge is -2.13. The van der Waals surface area contributed by atoms with Crippen molar-refractivity contribution in [3.05, 3.63) is 83.9 Å². The van der Waals surface area contributed by atoms with Crippen LogP contribution in [-0.4, -0.2) is 19.0 Å². The molecule has 0 aromatic heterocycles. The zero-order valence-electron chi connectivity index (χ0n) is 16.2. The van der Waals surface area contributed by atoms with Crippen molar-refractivity contribution in [3.63, 3.8) is 0 Å². The fourth-order valence-corrected chi connectivity index (χ4v) is 2.82. The van der Waals surface area contributed by atoms with Crippen molar-refractivity contribution in [2.75, 3.05) is 18.6 Å². The smallest absolute Gasteiger partial charge is 0.201 e. The zero-order chi connectivity index (χ0) is 20.6. The highest BCUT2D eigenvalue weighted by Gasteiger charge is 2.09. The predicted octanol–water partition coefficient (Wildman–Crippen LogP) is 5.28. The molecule has 30 heavy (non-hydrogen) atoms. The standard InChI is InChI=1S/C23H19N5O2/c24-16-17-10-12-18(13-11-17)23-27-25-19-6-1-3-8-21(19)29-14-5-15-30-22-9-4-2-7-20(22)26-28-23/h1-4,6-13,25H,5,14-15H2/b27-23+,28-26?. The van der Waals surface area contributed by atoms with Crippen LogP contribution < -0.4 is 14.9 Å². The topological polar surface area (TPSA) is 91.4 Å². The molecular weight excluding hydrogens is 378 g/mol. The van der Waals surface area contributed by atoms with Crippen LogP contribution in [0.5, 0.6) is 11.5 Å². The van der Waals surface area contributed by atoms with Gasteiger partial charge in [0.05, 0.1) is 30.5 Å². The van der Waals surface area contributed by atoms with E-state index in [9.17, 15) is 0 Å². The van der Waals surface area contributed by atoms with Gasteiger partial charge in [0, 0.05) is 12.0 Å². The highest BCUT2D eigenvalue weighted by atomic mass is 16.5. The van der Waals surface area contributed by atoms with Crippen LogP contribution in [0.25, 0.3) is 0 Å². The fraction of sp³-hybridized carbons (Fsp3) is 0.130. The molecule has 0 spiro atoms. The number of fused-ring (bicyclic) bond motifs is 2. The number of amidine groups is 1. The third kappa shape index (κ3) is 4.62. The van der Waals surface area contributed by atoms with Crippen LogP contribution in [0.2, 0.25) is 0 Å². The maximum Gasteiger partial charge on any atom is 0.201 e. The second kappa shape index (κ2) is 9.34. The molecule has 7 nitrogen and oxygen atoms in total. The van der Waals surface area contributed by atoms with Gasteiger partial charge in [-0.05, 0) is 48.5 Å². The summed E-state index contributed by atoms with van der Waals surface area (Å²) in [7, 11) is 0. The quantitative estimate of drug-likeness (QED) is 0.605. The molecule has 0 atom stereocenters. The Hall–Kier alpha value is -4.18. The van der Waals surface area contributed by atoms with Gasteiger partial charge in [-0.1, -0.05) is 24.3 Å². The highest BCUT2D eigenvalue weighted by Crippen LogP contribution is 2.28. The second-order valence-corrected chi connectivity index (χ2v) is 6.45. The van der Waals surface area contributed by atoms with Crippen molar-refractivity contribution in [2.24, 2.45) is 15.3 Å². The molecule has 0 amide bonds. The molecule has 0 fully saturated rings. The first-order valence-corrected chi connectivity index (χ1v) is 9.53. The first-order chi connectivity index (χ1) is 14.8. The summed E-state index contributed by atoms with van der Waals surface area (Å²) in [6.45, 7) is 1.01. The number of hydrogen-bond donors (Lipinski definition) is 1. The third-order valence-electron chi connectivity index (χ3n) is 4.36. The molecule has 1 aliphatic rings. The lowest BCUT2D eigenvalue weighted by molar-refractivity contribution is 0.248. The van der Waals surface area contributed by atoms with E-state index in [0.29, 0.717) is 47.4 Å². The summed E-state index contributed by atoms with van der Waals surface area (Å²) < 4.78 is 11.8. The number of nitrogens with zero attached hydrogens (tertiary/aromatic N) is 4. The minimum absolute atomic E-state index is 0.362. The van der Waals surface area contributed by atoms with Crippen molar-refractivity contribution in [3.8, 4) is 17.6 Å². The molecule has 4 rings (SSSR count). The molecule has 0 radical (unpaired) electrons. The van der Waals surface area contributed by atoms with E-state index in [1.807, 2.05) is 48.5 Å². The molecule has 1 heterocycles. The Balaban J connectivity index is 1.75. The van der Waals surface area contributed by atoms with Gasteiger partial charge in [-0.2, -0.15) is 10.4 Å². The van der Waals surface area contributed by atoms with Crippen molar-refractivity contribution in [2.45, 2.75) is 6.42 Å². The van der Waals surface area contributed by atoms with Gasteiger partial charge in [0.2, 0.25) is 5.84 Å². The summed E-state index contributed by atoms with van der Waals surface area (Å²) >= 11 is 0. The van der Waals surface area contributed by atoms with E-state index in [0.717, 1.165) is 12.1 Å². The van der Waals surface area contributed by atoms with Crippen LogP contribution in [0.15, 0.2) is 88.1 Å². The molecule has 3 aromatic rings. The van der Waals surface area contributed by atoms with Crippen molar-refractivity contribution < 1.29 is 9.47 Å². The molecule has 1 N–H and O–H groups in total. The lowest BCUT2D eigenvalue weighted by Crippen LogP contribution is -2.07. The van der Waals surface area contributed by atoms with Crippen LogP contribution in [0.4, 0.5) is 11.4 Å². The van der Waals surface area contributed by atoms with Gasteiger partial charge in [-0.25, -0.2) is 0 Å². The average molecular weight is 397 g/mol. The van der Waals surface area contributed by atoms with E-state index < -0.39 is 0 Å². The maximum atomic E-state index is 9.05. The number of nitrogens with one attached hydrogen (secondary N) is 1. The Morgan fingerprint density at radius 2 is 1.50 bits per heavy atom. The monoisotopic (exact) mass is 397 g/mol. The van der Waals surface area contributed by atoms with E-state index in [-0.39, 0.29) is 0 Å². The van der Waals surface area contributed by atoms with Crippen molar-refractivity contribution >= 4 is 17.2 Å². The number of azo groups is 1. The number of hydrogen-bond acceptors (Lipinski definition) is 7. The summed E-state index contributed by atoms with van der Waals surface area (Å²) in [5.41, 5.74) is 5.63. The van der Waals surface area contributed by atoms with E-state index in [1.165, 1.54) is 0 Å². The Bertz CT molecular complexity index is 1120.